The molecule has 0 saturated carbocycles. The average Bonchev–Trinajstić information content (AvgIpc) is 2.06. The van der Waals surface area contributed by atoms with E-state index in [9.17, 15) is 0 Å². The van der Waals surface area contributed by atoms with Crippen LogP contribution in [0.2, 0.25) is 0 Å². The summed E-state index contributed by atoms with van der Waals surface area (Å²) in [6, 6.07) is 0. The smallest absolute Gasteiger partial charge is 0.0590 e. The van der Waals surface area contributed by atoms with Crippen molar-refractivity contribution >= 4 is 0 Å². The van der Waals surface area contributed by atoms with Gasteiger partial charge in [0, 0.05) is 13.2 Å². The van der Waals surface area contributed by atoms with E-state index >= 15 is 0 Å². The molecule has 98 valence electrons. The molecule has 2 nitrogen and oxygen atoms in total. The lowest BCUT2D eigenvalue weighted by atomic mass is 9.92. The summed E-state index contributed by atoms with van der Waals surface area (Å²) in [4.78, 5) is 0. The maximum absolute atomic E-state index is 5.58. The van der Waals surface area contributed by atoms with Crippen molar-refractivity contribution in [1.29, 1.82) is 0 Å². The molecule has 0 bridgehead atoms. The van der Waals surface area contributed by atoms with Crippen LogP contribution in [0.15, 0.2) is 0 Å². The molecule has 16 heavy (non-hydrogen) atoms. The van der Waals surface area contributed by atoms with Crippen LogP contribution in [0, 0.1) is 10.8 Å². The topological polar surface area (TPSA) is 21.3 Å². The van der Waals surface area contributed by atoms with Crippen LogP contribution in [0.1, 0.15) is 54.4 Å². The van der Waals surface area contributed by atoms with Crippen LogP contribution in [0.25, 0.3) is 0 Å². The normalized spacial score (nSPS) is 13.1. The molecule has 0 aliphatic heterocycles. The summed E-state index contributed by atoms with van der Waals surface area (Å²) in [6.45, 7) is 17.3. The standard InChI is InChI=1S/C14H31NO/c1-13(2,3)7-9-15-10-12-16-11-8-14(4,5)6/h15H,7-12H2,1-6H3. The van der Waals surface area contributed by atoms with Gasteiger partial charge in [-0.3, -0.25) is 0 Å². The molecule has 0 atom stereocenters. The Labute approximate surface area is 102 Å². The highest BCUT2D eigenvalue weighted by Crippen LogP contribution is 2.18. The lowest BCUT2D eigenvalue weighted by Crippen LogP contribution is -2.24. The van der Waals surface area contributed by atoms with Gasteiger partial charge in [-0.1, -0.05) is 41.5 Å². The Balaban J connectivity index is 3.17. The number of nitrogens with one attached hydrogen (secondary N) is 1. The largest absolute Gasteiger partial charge is 0.380 e. The molecule has 0 aliphatic rings. The molecule has 0 heterocycles. The number of hydrogen-bond acceptors (Lipinski definition) is 2. The maximum atomic E-state index is 5.58. The fraction of sp³-hybridized carbons (Fsp3) is 1.00. The van der Waals surface area contributed by atoms with Gasteiger partial charge in [0.05, 0.1) is 6.61 Å². The van der Waals surface area contributed by atoms with Gasteiger partial charge in [-0.05, 0) is 30.2 Å². The molecule has 0 saturated heterocycles. The second-order valence-electron chi connectivity index (χ2n) is 6.98. The van der Waals surface area contributed by atoms with E-state index in [0.29, 0.717) is 10.8 Å². The lowest BCUT2D eigenvalue weighted by molar-refractivity contribution is 0.109. The minimum atomic E-state index is 0.389. The molecule has 2 heteroatoms. The Kier molecular flexibility index (Phi) is 7.25. The van der Waals surface area contributed by atoms with Crippen LogP contribution in [-0.4, -0.2) is 26.3 Å². The van der Waals surface area contributed by atoms with Gasteiger partial charge in [-0.25, -0.2) is 0 Å². The van der Waals surface area contributed by atoms with Crippen LogP contribution >= 0.6 is 0 Å². The molecule has 0 aromatic heterocycles. The Hall–Kier alpha value is -0.0800. The highest BCUT2D eigenvalue weighted by Gasteiger charge is 2.09. The van der Waals surface area contributed by atoms with Crippen LogP contribution in [0.4, 0.5) is 0 Å². The van der Waals surface area contributed by atoms with E-state index in [1.165, 1.54) is 6.42 Å². The summed E-state index contributed by atoms with van der Waals surface area (Å²) in [5.74, 6) is 0. The second kappa shape index (κ2) is 7.29. The average molecular weight is 229 g/mol. The van der Waals surface area contributed by atoms with E-state index in [4.69, 9.17) is 4.74 Å². The molecule has 0 aliphatic carbocycles. The number of ether oxygens (including phenoxy) is 1. The zero-order chi connectivity index (χ0) is 12.7. The number of rotatable bonds is 7. The van der Waals surface area contributed by atoms with E-state index in [2.05, 4.69) is 46.9 Å². The Morgan fingerprint density at radius 3 is 1.81 bits per heavy atom. The molecule has 0 fully saturated rings. The maximum Gasteiger partial charge on any atom is 0.0590 e. The number of hydrogen-bond donors (Lipinski definition) is 1. The van der Waals surface area contributed by atoms with Crippen LogP contribution in [0.3, 0.4) is 0 Å². The van der Waals surface area contributed by atoms with E-state index in [1.807, 2.05) is 0 Å². The van der Waals surface area contributed by atoms with Gasteiger partial charge in [0.2, 0.25) is 0 Å². The van der Waals surface area contributed by atoms with Crippen molar-refractivity contribution < 1.29 is 4.74 Å². The minimum absolute atomic E-state index is 0.389. The van der Waals surface area contributed by atoms with Gasteiger partial charge in [-0.2, -0.15) is 0 Å². The van der Waals surface area contributed by atoms with Crippen molar-refractivity contribution in [3.05, 3.63) is 0 Å². The SMILES string of the molecule is CC(C)(C)CCNCCOCCC(C)(C)C. The predicted octanol–water partition coefficient (Wildman–Crippen LogP) is 3.47. The van der Waals surface area contributed by atoms with Crippen molar-refractivity contribution in [2.24, 2.45) is 10.8 Å². The first kappa shape index (κ1) is 15.9. The summed E-state index contributed by atoms with van der Waals surface area (Å²) in [7, 11) is 0. The molecule has 0 aromatic rings. The van der Waals surface area contributed by atoms with Gasteiger partial charge in [0.25, 0.3) is 0 Å². The molecule has 0 spiro atoms. The van der Waals surface area contributed by atoms with E-state index < -0.39 is 0 Å². The molecular weight excluding hydrogens is 198 g/mol. The summed E-state index contributed by atoms with van der Waals surface area (Å²) in [5, 5.41) is 3.41. The quantitative estimate of drug-likeness (QED) is 0.675. The summed E-state index contributed by atoms with van der Waals surface area (Å²) in [6.07, 6.45) is 2.35. The zero-order valence-electron chi connectivity index (χ0n) is 12.2. The van der Waals surface area contributed by atoms with E-state index in [-0.39, 0.29) is 0 Å². The molecule has 0 unspecified atom stereocenters. The zero-order valence-corrected chi connectivity index (χ0v) is 12.2. The van der Waals surface area contributed by atoms with Gasteiger partial charge < -0.3 is 10.1 Å². The van der Waals surface area contributed by atoms with E-state index in [1.54, 1.807) is 0 Å². The molecular formula is C14H31NO. The monoisotopic (exact) mass is 229 g/mol. The van der Waals surface area contributed by atoms with Crippen LogP contribution < -0.4 is 5.32 Å². The van der Waals surface area contributed by atoms with Crippen LogP contribution in [0.5, 0.6) is 0 Å². The van der Waals surface area contributed by atoms with Gasteiger partial charge in [0.1, 0.15) is 0 Å². The first-order valence-electron chi connectivity index (χ1n) is 6.49. The Morgan fingerprint density at radius 1 is 0.750 bits per heavy atom. The first-order valence-corrected chi connectivity index (χ1v) is 6.49. The summed E-state index contributed by atoms with van der Waals surface area (Å²) < 4.78 is 5.58. The molecule has 0 amide bonds. The minimum Gasteiger partial charge on any atom is -0.380 e. The fourth-order valence-corrected chi connectivity index (χ4v) is 1.21. The lowest BCUT2D eigenvalue weighted by Gasteiger charge is -2.19. The first-order chi connectivity index (χ1) is 7.21. The van der Waals surface area contributed by atoms with Gasteiger partial charge in [-0.15, -0.1) is 0 Å². The third-order valence-electron chi connectivity index (χ3n) is 2.47. The Bertz CT molecular complexity index is 145. The third kappa shape index (κ3) is 13.9. The summed E-state index contributed by atoms with van der Waals surface area (Å²) in [5.41, 5.74) is 0.819. The van der Waals surface area contributed by atoms with Crippen LogP contribution in [-0.2, 0) is 4.74 Å². The highest BCUT2D eigenvalue weighted by molar-refractivity contribution is 4.63. The van der Waals surface area contributed by atoms with Crippen molar-refractivity contribution in [3.63, 3.8) is 0 Å². The van der Waals surface area contributed by atoms with Crippen molar-refractivity contribution in [3.8, 4) is 0 Å². The molecule has 0 rings (SSSR count). The second-order valence-corrected chi connectivity index (χ2v) is 6.98. The molecule has 0 aromatic carbocycles. The van der Waals surface area contributed by atoms with Crippen molar-refractivity contribution in [1.82, 2.24) is 5.32 Å². The van der Waals surface area contributed by atoms with Crippen molar-refractivity contribution in [2.45, 2.75) is 54.4 Å². The third-order valence-corrected chi connectivity index (χ3v) is 2.47. The van der Waals surface area contributed by atoms with Gasteiger partial charge >= 0.3 is 0 Å². The molecule has 0 radical (unpaired) electrons. The fourth-order valence-electron chi connectivity index (χ4n) is 1.21. The Morgan fingerprint density at radius 2 is 1.31 bits per heavy atom. The molecule has 1 N–H and O–H groups in total. The summed E-state index contributed by atoms with van der Waals surface area (Å²) >= 11 is 0. The van der Waals surface area contributed by atoms with E-state index in [0.717, 1.165) is 32.7 Å². The van der Waals surface area contributed by atoms with Crippen molar-refractivity contribution in [2.75, 3.05) is 26.3 Å². The van der Waals surface area contributed by atoms with Gasteiger partial charge in [0.15, 0.2) is 0 Å². The highest BCUT2D eigenvalue weighted by atomic mass is 16.5. The predicted molar refractivity (Wildman–Crippen MR) is 71.8 cm³/mol.